The molecular weight excluding hydrogens is 388 g/mol. The number of carbonyl (C=O) groups is 1. The first-order valence-electron chi connectivity index (χ1n) is 9.93. The molecular formula is C22H25ClN4O2. The van der Waals surface area contributed by atoms with Crippen LogP contribution in [0.4, 0.5) is 5.95 Å². The molecule has 6 nitrogen and oxygen atoms in total. The van der Waals surface area contributed by atoms with Gasteiger partial charge in [-0.3, -0.25) is 4.79 Å². The number of imidazole rings is 1. The lowest BCUT2D eigenvalue weighted by Crippen LogP contribution is -2.41. The average Bonchev–Trinajstić information content (AvgIpc) is 3.17. The van der Waals surface area contributed by atoms with Crippen molar-refractivity contribution < 1.29 is 9.53 Å². The fourth-order valence-electron chi connectivity index (χ4n) is 3.77. The number of hydrogen-bond acceptors (Lipinski definition) is 4. The first-order chi connectivity index (χ1) is 14.1. The Morgan fingerprint density at radius 1 is 1.28 bits per heavy atom. The Bertz CT molecular complexity index is 995. The summed E-state index contributed by atoms with van der Waals surface area (Å²) in [6.07, 6.45) is 2.44. The van der Waals surface area contributed by atoms with E-state index in [1.54, 1.807) is 7.11 Å². The first-order valence-corrected chi connectivity index (χ1v) is 10.3. The maximum atomic E-state index is 12.5. The van der Waals surface area contributed by atoms with Crippen molar-refractivity contribution >= 4 is 34.5 Å². The van der Waals surface area contributed by atoms with Gasteiger partial charge in [-0.2, -0.15) is 0 Å². The number of amides is 1. The third kappa shape index (κ3) is 4.65. The molecule has 2 N–H and O–H groups in total. The summed E-state index contributed by atoms with van der Waals surface area (Å²) in [7, 11) is 1.66. The quantitative estimate of drug-likeness (QED) is 0.646. The Hall–Kier alpha value is -2.73. The van der Waals surface area contributed by atoms with Gasteiger partial charge in [-0.05, 0) is 55.2 Å². The molecule has 1 aromatic heterocycles. The molecule has 4 rings (SSSR count). The van der Waals surface area contributed by atoms with E-state index in [1.165, 1.54) is 0 Å². The molecule has 0 aliphatic carbocycles. The van der Waals surface area contributed by atoms with E-state index in [2.05, 4.69) is 20.2 Å². The van der Waals surface area contributed by atoms with E-state index in [1.807, 2.05) is 42.5 Å². The first kappa shape index (κ1) is 19.6. The maximum Gasteiger partial charge on any atom is 0.223 e. The Balaban J connectivity index is 1.26. The number of nitrogens with zero attached hydrogens (tertiary/aromatic N) is 2. The Labute approximate surface area is 175 Å². The molecule has 0 saturated carbocycles. The number of carbonyl (C=O) groups excluding carboxylic acids is 1. The number of H-pyrrole nitrogens is 1. The lowest BCUT2D eigenvalue weighted by molar-refractivity contribution is -0.125. The van der Waals surface area contributed by atoms with Gasteiger partial charge in [0.15, 0.2) is 0 Å². The van der Waals surface area contributed by atoms with Crippen LogP contribution in [0.2, 0.25) is 5.02 Å². The Morgan fingerprint density at radius 3 is 2.90 bits per heavy atom. The van der Waals surface area contributed by atoms with Gasteiger partial charge < -0.3 is 19.9 Å². The SMILES string of the molecule is COc1cccc(CCNC(=O)C2CCN(c3nc4ccc(Cl)cc4[nH]3)CC2)c1. The van der Waals surface area contributed by atoms with Crippen LogP contribution in [0.1, 0.15) is 18.4 Å². The number of halogens is 1. The van der Waals surface area contributed by atoms with Gasteiger partial charge in [-0.15, -0.1) is 0 Å². The van der Waals surface area contributed by atoms with Crippen LogP contribution >= 0.6 is 11.6 Å². The summed E-state index contributed by atoms with van der Waals surface area (Å²) >= 11 is 6.05. The lowest BCUT2D eigenvalue weighted by atomic mass is 9.96. The van der Waals surface area contributed by atoms with E-state index < -0.39 is 0 Å². The second kappa shape index (κ2) is 8.74. The smallest absolute Gasteiger partial charge is 0.223 e. The molecule has 1 saturated heterocycles. The zero-order valence-electron chi connectivity index (χ0n) is 16.5. The van der Waals surface area contributed by atoms with Crippen molar-refractivity contribution in [3.63, 3.8) is 0 Å². The zero-order chi connectivity index (χ0) is 20.2. The average molecular weight is 413 g/mol. The standard InChI is InChI=1S/C22H25ClN4O2/c1-29-18-4-2-3-15(13-18)7-10-24-21(28)16-8-11-27(12-9-16)22-25-19-6-5-17(23)14-20(19)26-22/h2-6,13-14,16H,7-12H2,1H3,(H,24,28)(H,25,26). The minimum absolute atomic E-state index is 0.0513. The molecule has 0 bridgehead atoms. The van der Waals surface area contributed by atoms with Gasteiger partial charge in [-0.1, -0.05) is 23.7 Å². The van der Waals surface area contributed by atoms with Gasteiger partial charge in [0, 0.05) is 30.6 Å². The lowest BCUT2D eigenvalue weighted by Gasteiger charge is -2.31. The molecule has 0 unspecified atom stereocenters. The number of hydrogen-bond donors (Lipinski definition) is 2. The largest absolute Gasteiger partial charge is 0.497 e. The van der Waals surface area contributed by atoms with Crippen molar-refractivity contribution in [1.82, 2.24) is 15.3 Å². The number of ether oxygens (including phenoxy) is 1. The molecule has 0 spiro atoms. The van der Waals surface area contributed by atoms with Crippen LogP contribution in [-0.4, -0.2) is 42.6 Å². The molecule has 1 fully saturated rings. The maximum absolute atomic E-state index is 12.5. The van der Waals surface area contributed by atoms with Gasteiger partial charge in [0.2, 0.25) is 11.9 Å². The number of fused-ring (bicyclic) bond motifs is 1. The molecule has 2 aromatic carbocycles. The number of aromatic nitrogens is 2. The van der Waals surface area contributed by atoms with Crippen LogP contribution in [0.15, 0.2) is 42.5 Å². The topological polar surface area (TPSA) is 70.2 Å². The van der Waals surface area contributed by atoms with E-state index in [0.717, 1.165) is 60.6 Å². The number of benzene rings is 2. The summed E-state index contributed by atoms with van der Waals surface area (Å²) in [4.78, 5) is 22.7. The van der Waals surface area contributed by atoms with E-state index >= 15 is 0 Å². The van der Waals surface area contributed by atoms with Crippen molar-refractivity contribution in [2.75, 3.05) is 31.6 Å². The zero-order valence-corrected chi connectivity index (χ0v) is 17.2. The molecule has 1 amide bonds. The summed E-state index contributed by atoms with van der Waals surface area (Å²) in [5.74, 6) is 1.88. The summed E-state index contributed by atoms with van der Waals surface area (Å²) in [5.41, 5.74) is 3.00. The van der Waals surface area contributed by atoms with Crippen LogP contribution in [0, 0.1) is 5.92 Å². The highest BCUT2D eigenvalue weighted by Crippen LogP contribution is 2.25. The molecule has 0 atom stereocenters. The van der Waals surface area contributed by atoms with Gasteiger partial charge in [-0.25, -0.2) is 4.98 Å². The highest BCUT2D eigenvalue weighted by Gasteiger charge is 2.26. The van der Waals surface area contributed by atoms with Crippen molar-refractivity contribution in [1.29, 1.82) is 0 Å². The normalized spacial score (nSPS) is 14.9. The number of nitrogens with one attached hydrogen (secondary N) is 2. The molecule has 1 aliphatic rings. The predicted octanol–water partition coefficient (Wildman–Crippen LogP) is 3.80. The van der Waals surface area contributed by atoms with Crippen LogP contribution in [0.3, 0.4) is 0 Å². The molecule has 1 aliphatic heterocycles. The molecule has 0 radical (unpaired) electrons. The van der Waals surface area contributed by atoms with E-state index in [9.17, 15) is 4.79 Å². The van der Waals surface area contributed by atoms with Crippen LogP contribution in [-0.2, 0) is 11.2 Å². The second-order valence-electron chi connectivity index (χ2n) is 7.38. The number of anilines is 1. The Kier molecular flexibility index (Phi) is 5.90. The molecule has 29 heavy (non-hydrogen) atoms. The van der Waals surface area contributed by atoms with Gasteiger partial charge in [0.05, 0.1) is 18.1 Å². The molecule has 2 heterocycles. The summed E-state index contributed by atoms with van der Waals surface area (Å²) in [6, 6.07) is 13.6. The Morgan fingerprint density at radius 2 is 2.10 bits per heavy atom. The summed E-state index contributed by atoms with van der Waals surface area (Å²) < 4.78 is 5.24. The molecule has 7 heteroatoms. The fraction of sp³-hybridized carbons (Fsp3) is 0.364. The number of rotatable bonds is 6. The van der Waals surface area contributed by atoms with Gasteiger partial charge >= 0.3 is 0 Å². The van der Waals surface area contributed by atoms with Crippen LogP contribution in [0.5, 0.6) is 5.75 Å². The number of piperidine rings is 1. The highest BCUT2D eigenvalue weighted by molar-refractivity contribution is 6.31. The van der Waals surface area contributed by atoms with Crippen molar-refractivity contribution in [2.45, 2.75) is 19.3 Å². The van der Waals surface area contributed by atoms with Gasteiger partial charge in [0.1, 0.15) is 5.75 Å². The second-order valence-corrected chi connectivity index (χ2v) is 7.81. The summed E-state index contributed by atoms with van der Waals surface area (Å²) in [5, 5.41) is 3.78. The third-order valence-electron chi connectivity index (χ3n) is 5.44. The third-order valence-corrected chi connectivity index (χ3v) is 5.68. The monoisotopic (exact) mass is 412 g/mol. The minimum Gasteiger partial charge on any atom is -0.497 e. The van der Waals surface area contributed by atoms with Gasteiger partial charge in [0.25, 0.3) is 0 Å². The number of aromatic amines is 1. The minimum atomic E-state index is 0.0513. The predicted molar refractivity (Wildman–Crippen MR) is 116 cm³/mol. The molecule has 3 aromatic rings. The van der Waals surface area contributed by atoms with Crippen LogP contribution < -0.4 is 15.0 Å². The van der Waals surface area contributed by atoms with Crippen molar-refractivity contribution in [3.05, 3.63) is 53.1 Å². The van der Waals surface area contributed by atoms with Crippen LogP contribution in [0.25, 0.3) is 11.0 Å². The van der Waals surface area contributed by atoms with Crippen molar-refractivity contribution in [2.24, 2.45) is 5.92 Å². The fourth-order valence-corrected chi connectivity index (χ4v) is 3.95. The number of methoxy groups -OCH3 is 1. The van der Waals surface area contributed by atoms with E-state index in [-0.39, 0.29) is 11.8 Å². The van der Waals surface area contributed by atoms with E-state index in [4.69, 9.17) is 16.3 Å². The summed E-state index contributed by atoms with van der Waals surface area (Å²) in [6.45, 7) is 2.25. The molecule has 152 valence electrons. The van der Waals surface area contributed by atoms with Crippen molar-refractivity contribution in [3.8, 4) is 5.75 Å². The van der Waals surface area contributed by atoms with E-state index in [0.29, 0.717) is 11.6 Å². The highest BCUT2D eigenvalue weighted by atomic mass is 35.5.